The second-order valence-corrected chi connectivity index (χ2v) is 6.51. The van der Waals surface area contributed by atoms with Crippen molar-refractivity contribution in [3.8, 4) is 0 Å². The molecule has 0 spiro atoms. The molecule has 0 unspecified atom stereocenters. The van der Waals surface area contributed by atoms with Crippen LogP contribution >= 0.6 is 0 Å². The van der Waals surface area contributed by atoms with Crippen molar-refractivity contribution in [2.45, 2.75) is 53.1 Å². The number of rotatable bonds is 6. The summed E-state index contributed by atoms with van der Waals surface area (Å²) in [5.74, 6) is 1.08. The maximum atomic E-state index is 9.19. The highest BCUT2D eigenvalue weighted by Crippen LogP contribution is 2.22. The Labute approximate surface area is 134 Å². The van der Waals surface area contributed by atoms with Crippen LogP contribution in [0.2, 0.25) is 0 Å². The predicted octanol–water partition coefficient (Wildman–Crippen LogP) is 2.33. The lowest BCUT2D eigenvalue weighted by molar-refractivity contribution is 0.238. The molecule has 1 saturated heterocycles. The first kappa shape index (κ1) is 17.0. The van der Waals surface area contributed by atoms with Crippen molar-refractivity contribution < 1.29 is 5.11 Å². The maximum Gasteiger partial charge on any atom is 0.127 e. The van der Waals surface area contributed by atoms with Crippen LogP contribution in [0.5, 0.6) is 0 Å². The Hall–Kier alpha value is -1.33. The van der Waals surface area contributed by atoms with E-state index in [9.17, 15) is 5.11 Å². The Morgan fingerprint density at radius 1 is 1.32 bits per heavy atom. The third kappa shape index (κ3) is 4.34. The second-order valence-electron chi connectivity index (χ2n) is 6.51. The molecule has 5 nitrogen and oxygen atoms in total. The predicted molar refractivity (Wildman–Crippen MR) is 91.3 cm³/mol. The normalized spacial score (nSPS) is 16.8. The number of hydrogen-bond donors (Lipinski definition) is 2. The molecule has 0 aromatic carbocycles. The molecule has 1 aliphatic heterocycles. The first-order valence-electron chi connectivity index (χ1n) is 8.28. The van der Waals surface area contributed by atoms with Crippen molar-refractivity contribution in [2.75, 3.05) is 31.6 Å². The fourth-order valence-electron chi connectivity index (χ4n) is 2.88. The fourth-order valence-corrected chi connectivity index (χ4v) is 2.88. The number of nitrogens with one attached hydrogen (secondary N) is 1. The number of allylic oxidation sites excluding steroid dienone is 1. The van der Waals surface area contributed by atoms with E-state index in [1.807, 2.05) is 11.6 Å². The van der Waals surface area contributed by atoms with Gasteiger partial charge in [-0.15, -0.1) is 0 Å². The number of nitrogens with zero attached hydrogens (tertiary/aromatic N) is 3. The number of piperidine rings is 1. The van der Waals surface area contributed by atoms with Crippen LogP contribution in [-0.2, 0) is 6.54 Å². The summed E-state index contributed by atoms with van der Waals surface area (Å²) in [6.07, 6.45) is 4.61. The first-order valence-corrected chi connectivity index (χ1v) is 8.28. The molecule has 0 radical (unpaired) electrons. The van der Waals surface area contributed by atoms with E-state index in [1.54, 1.807) is 0 Å². The number of hydrogen-bond acceptors (Lipinski definition) is 4. The number of aryl methyl sites for hydroxylation is 1. The number of aromatic nitrogens is 2. The number of aliphatic hydroxyl groups is 1. The third-order valence-corrected chi connectivity index (χ3v) is 4.42. The second kappa shape index (κ2) is 7.79. The molecule has 2 rings (SSSR count). The molecule has 0 bridgehead atoms. The average molecular weight is 306 g/mol. The van der Waals surface area contributed by atoms with Crippen molar-refractivity contribution in [3.05, 3.63) is 22.9 Å². The third-order valence-electron chi connectivity index (χ3n) is 4.42. The van der Waals surface area contributed by atoms with Gasteiger partial charge in [0.05, 0.1) is 18.8 Å². The molecule has 1 aliphatic rings. The highest BCUT2D eigenvalue weighted by molar-refractivity contribution is 5.47. The lowest BCUT2D eigenvalue weighted by Gasteiger charge is -2.32. The SMILES string of the molecule is CC(C)=CCN1CCC(Nc2c(C)c(C)nn2CCO)CC1. The smallest absolute Gasteiger partial charge is 0.127 e. The van der Waals surface area contributed by atoms with Gasteiger partial charge in [0, 0.05) is 31.2 Å². The van der Waals surface area contributed by atoms with Crippen molar-refractivity contribution in [1.82, 2.24) is 14.7 Å². The molecule has 1 fully saturated rings. The Bertz CT molecular complexity index is 509. The largest absolute Gasteiger partial charge is 0.394 e. The maximum absolute atomic E-state index is 9.19. The van der Waals surface area contributed by atoms with Gasteiger partial charge in [0.25, 0.3) is 0 Å². The molecule has 22 heavy (non-hydrogen) atoms. The minimum Gasteiger partial charge on any atom is -0.394 e. The number of anilines is 1. The minimum atomic E-state index is 0.121. The van der Waals surface area contributed by atoms with E-state index in [0.717, 1.165) is 44.0 Å². The molecule has 124 valence electrons. The van der Waals surface area contributed by atoms with Gasteiger partial charge in [0.1, 0.15) is 5.82 Å². The van der Waals surface area contributed by atoms with Gasteiger partial charge in [0.2, 0.25) is 0 Å². The molecule has 5 heteroatoms. The Morgan fingerprint density at radius 2 is 2.00 bits per heavy atom. The van der Waals surface area contributed by atoms with Gasteiger partial charge in [-0.05, 0) is 40.5 Å². The van der Waals surface area contributed by atoms with Gasteiger partial charge in [0.15, 0.2) is 0 Å². The van der Waals surface area contributed by atoms with Crippen LogP contribution in [0, 0.1) is 13.8 Å². The van der Waals surface area contributed by atoms with Gasteiger partial charge in [-0.25, -0.2) is 4.68 Å². The number of likely N-dealkylation sites (tertiary alicyclic amines) is 1. The van der Waals surface area contributed by atoms with Crippen molar-refractivity contribution in [2.24, 2.45) is 0 Å². The molecule has 1 aromatic rings. The average Bonchev–Trinajstić information content (AvgIpc) is 2.75. The minimum absolute atomic E-state index is 0.121. The lowest BCUT2D eigenvalue weighted by atomic mass is 10.0. The lowest BCUT2D eigenvalue weighted by Crippen LogP contribution is -2.39. The van der Waals surface area contributed by atoms with Crippen molar-refractivity contribution in [1.29, 1.82) is 0 Å². The Morgan fingerprint density at radius 3 is 2.59 bits per heavy atom. The van der Waals surface area contributed by atoms with Crippen LogP contribution in [0.15, 0.2) is 11.6 Å². The summed E-state index contributed by atoms with van der Waals surface area (Å²) in [5.41, 5.74) is 3.62. The molecule has 0 atom stereocenters. The highest BCUT2D eigenvalue weighted by Gasteiger charge is 2.21. The summed E-state index contributed by atoms with van der Waals surface area (Å²) in [5, 5.41) is 17.3. The zero-order valence-electron chi connectivity index (χ0n) is 14.4. The summed E-state index contributed by atoms with van der Waals surface area (Å²) >= 11 is 0. The van der Waals surface area contributed by atoms with E-state index >= 15 is 0 Å². The molecule has 1 aromatic heterocycles. The first-order chi connectivity index (χ1) is 10.5. The van der Waals surface area contributed by atoms with Crippen LogP contribution in [0.1, 0.15) is 37.9 Å². The van der Waals surface area contributed by atoms with Gasteiger partial charge in [-0.2, -0.15) is 5.10 Å². The quantitative estimate of drug-likeness (QED) is 0.792. The van der Waals surface area contributed by atoms with Crippen molar-refractivity contribution in [3.63, 3.8) is 0 Å². The van der Waals surface area contributed by atoms with Gasteiger partial charge in [-0.1, -0.05) is 11.6 Å². The topological polar surface area (TPSA) is 53.3 Å². The summed E-state index contributed by atoms with van der Waals surface area (Å²) in [6.45, 7) is 12.4. The molecule has 2 heterocycles. The fraction of sp³-hybridized carbons (Fsp3) is 0.706. The van der Waals surface area contributed by atoms with Gasteiger partial charge in [-0.3, -0.25) is 4.90 Å². The van der Waals surface area contributed by atoms with Crippen molar-refractivity contribution >= 4 is 5.82 Å². The van der Waals surface area contributed by atoms with E-state index in [0.29, 0.717) is 12.6 Å². The molecular weight excluding hydrogens is 276 g/mol. The summed E-state index contributed by atoms with van der Waals surface area (Å²) in [7, 11) is 0. The summed E-state index contributed by atoms with van der Waals surface area (Å²) < 4.78 is 1.90. The molecule has 0 amide bonds. The number of aliphatic hydroxyl groups excluding tert-OH is 1. The van der Waals surface area contributed by atoms with Crippen LogP contribution < -0.4 is 5.32 Å². The van der Waals surface area contributed by atoms with E-state index in [1.165, 1.54) is 11.1 Å². The van der Waals surface area contributed by atoms with Crippen LogP contribution in [0.4, 0.5) is 5.82 Å². The van der Waals surface area contributed by atoms with E-state index in [4.69, 9.17) is 0 Å². The van der Waals surface area contributed by atoms with Crippen LogP contribution in [0.25, 0.3) is 0 Å². The molecule has 0 saturated carbocycles. The highest BCUT2D eigenvalue weighted by atomic mass is 16.3. The van der Waals surface area contributed by atoms with Crippen LogP contribution in [-0.4, -0.2) is 52.1 Å². The standard InChI is InChI=1S/C17H30N4O/c1-13(2)5-8-20-9-6-16(7-10-20)18-17-14(3)15(4)19-21(17)11-12-22/h5,16,18,22H,6-12H2,1-4H3. The van der Waals surface area contributed by atoms with E-state index in [2.05, 4.69) is 42.2 Å². The van der Waals surface area contributed by atoms with E-state index in [-0.39, 0.29) is 6.61 Å². The van der Waals surface area contributed by atoms with E-state index < -0.39 is 0 Å². The summed E-state index contributed by atoms with van der Waals surface area (Å²) in [6, 6.07) is 0.496. The zero-order chi connectivity index (χ0) is 16.1. The monoisotopic (exact) mass is 306 g/mol. The van der Waals surface area contributed by atoms with Gasteiger partial charge < -0.3 is 10.4 Å². The van der Waals surface area contributed by atoms with Gasteiger partial charge >= 0.3 is 0 Å². The molecular formula is C17H30N4O. The molecule has 2 N–H and O–H groups in total. The zero-order valence-corrected chi connectivity index (χ0v) is 14.4. The summed E-state index contributed by atoms with van der Waals surface area (Å²) in [4.78, 5) is 2.51. The Balaban J connectivity index is 1.92. The van der Waals surface area contributed by atoms with Crippen LogP contribution in [0.3, 0.4) is 0 Å². The Kier molecular flexibility index (Phi) is 6.03. The molecule has 0 aliphatic carbocycles.